The Bertz CT molecular complexity index is 2790. The average molecular weight is 878 g/mol. The number of fused-ring (bicyclic) bond motifs is 1. The van der Waals surface area contributed by atoms with Crippen LogP contribution in [-0.4, -0.2) is 74.3 Å². The van der Waals surface area contributed by atoms with E-state index in [9.17, 15) is 39.3 Å². The highest BCUT2D eigenvalue weighted by atomic mass is 16.5. The van der Waals surface area contributed by atoms with E-state index in [0.717, 1.165) is 25.7 Å². The van der Waals surface area contributed by atoms with E-state index in [0.29, 0.717) is 111 Å². The van der Waals surface area contributed by atoms with Gasteiger partial charge in [0.15, 0.2) is 10.9 Å². The molecule has 64 heavy (non-hydrogen) atoms. The number of hydrogen-bond acceptors (Lipinski definition) is 14. The van der Waals surface area contributed by atoms with Gasteiger partial charge in [-0.05, 0) is 154 Å². The van der Waals surface area contributed by atoms with Gasteiger partial charge in [0.2, 0.25) is 0 Å². The zero-order valence-corrected chi connectivity index (χ0v) is 37.3. The standard InChI is InChI=1S/C50H59N3O11/c1-24-16-33-32(15-10-26-6-11-28(12-7-26)49(60)63-22-51-3)47(59)41-35(58)18-31(21-55)37-38-30(20-54)17-34(57)40-43(38)44(39(33)42(37)41)45(36(24)25(2)56)48(62-5)46(40)53-19-27-8-13-29(14-9-27)50(61)64-23-52-4/h16-18,26-29,36,51-55,59H,6-15,19-23H2,1-5H3. The molecule has 5 aromatic rings. The Labute approximate surface area is 371 Å². The van der Waals surface area contributed by atoms with E-state index in [1.165, 1.54) is 26.2 Å². The summed E-state index contributed by atoms with van der Waals surface area (Å²) >= 11 is 0. The lowest BCUT2D eigenvalue weighted by Crippen LogP contribution is -2.28. The summed E-state index contributed by atoms with van der Waals surface area (Å²) in [6.07, 6.45) is 8.70. The third-order valence-electron chi connectivity index (χ3n) is 14.4. The van der Waals surface area contributed by atoms with Gasteiger partial charge in [-0.2, -0.15) is 0 Å². The van der Waals surface area contributed by atoms with Crippen molar-refractivity contribution in [3.05, 3.63) is 66.0 Å². The second-order valence-corrected chi connectivity index (χ2v) is 18.2. The molecule has 0 heterocycles. The van der Waals surface area contributed by atoms with E-state index in [2.05, 4.69) is 16.0 Å². The highest BCUT2D eigenvalue weighted by Gasteiger charge is 2.38. The van der Waals surface area contributed by atoms with Crippen LogP contribution in [0.4, 0.5) is 5.69 Å². The predicted octanol–water partition coefficient (Wildman–Crippen LogP) is 6.08. The number of hydrogen-bond donors (Lipinski definition) is 6. The smallest absolute Gasteiger partial charge is 0.310 e. The lowest BCUT2D eigenvalue weighted by atomic mass is 9.77. The first-order valence-corrected chi connectivity index (χ1v) is 22.6. The molecule has 2 fully saturated rings. The van der Waals surface area contributed by atoms with E-state index < -0.39 is 24.6 Å². The summed E-state index contributed by atoms with van der Waals surface area (Å²) in [7, 11) is 4.95. The van der Waals surface area contributed by atoms with E-state index in [4.69, 9.17) is 14.2 Å². The Morgan fingerprint density at radius 2 is 1.25 bits per heavy atom. The van der Waals surface area contributed by atoms with E-state index in [1.54, 1.807) is 14.1 Å². The fourth-order valence-electron chi connectivity index (χ4n) is 11.3. The number of allylic oxidation sites excluding steroid dienone is 1. The van der Waals surface area contributed by atoms with Gasteiger partial charge in [-0.25, -0.2) is 0 Å². The van der Waals surface area contributed by atoms with Crippen LogP contribution in [0.25, 0.3) is 49.2 Å². The van der Waals surface area contributed by atoms with Crippen molar-refractivity contribution in [2.45, 2.75) is 97.2 Å². The second kappa shape index (κ2) is 18.6. The van der Waals surface area contributed by atoms with Crippen LogP contribution in [0.5, 0.6) is 11.5 Å². The molecule has 1 unspecified atom stereocenters. The van der Waals surface area contributed by atoms with Crippen molar-refractivity contribution in [3.8, 4) is 11.5 Å². The molecule has 1 atom stereocenters. The zero-order valence-electron chi connectivity index (χ0n) is 37.3. The molecule has 3 aliphatic carbocycles. The van der Waals surface area contributed by atoms with E-state index >= 15 is 0 Å². The first-order valence-electron chi connectivity index (χ1n) is 22.6. The first kappa shape index (κ1) is 45.2. The lowest BCUT2D eigenvalue weighted by molar-refractivity contribution is -0.151. The van der Waals surface area contributed by atoms with Crippen molar-refractivity contribution in [1.29, 1.82) is 0 Å². The molecule has 0 amide bonds. The number of ketones is 1. The molecule has 0 saturated heterocycles. The normalized spacial score (nSPS) is 21.1. The topological polar surface area (TPSA) is 210 Å². The highest BCUT2D eigenvalue weighted by molar-refractivity contribution is 6.39. The molecule has 0 aliphatic heterocycles. The third kappa shape index (κ3) is 7.71. The van der Waals surface area contributed by atoms with Crippen LogP contribution < -0.4 is 31.5 Å². The molecule has 0 spiro atoms. The van der Waals surface area contributed by atoms with Gasteiger partial charge in [-0.15, -0.1) is 0 Å². The molecule has 6 N–H and O–H groups in total. The number of nitrogens with one attached hydrogen (secondary N) is 3. The molecule has 5 aromatic carbocycles. The van der Waals surface area contributed by atoms with Crippen molar-refractivity contribution in [3.63, 3.8) is 0 Å². The summed E-state index contributed by atoms with van der Waals surface area (Å²) in [6.45, 7) is 3.06. The lowest BCUT2D eigenvalue weighted by Gasteiger charge is -2.30. The minimum absolute atomic E-state index is 0.0655. The number of carbonyl (C=O) groups is 3. The minimum atomic E-state index is -0.862. The number of carbonyl (C=O) groups excluding carboxylic acids is 3. The van der Waals surface area contributed by atoms with Gasteiger partial charge < -0.3 is 34.8 Å². The SMILES string of the molecule is CNCOC(=O)C1CCC(CCc2c(O)c3c(=O)cc(CO)c4c5c(CO)cc(=O)c6c(NCC7CCC(C(=O)OCNC)CC7)c(OC)c7c(c(c2C=C(C)C7C(C)=O)c34)c65)CC1. The van der Waals surface area contributed by atoms with Crippen molar-refractivity contribution in [2.75, 3.05) is 46.5 Å². The zero-order chi connectivity index (χ0) is 45.6. The van der Waals surface area contributed by atoms with Gasteiger partial charge in [0.1, 0.15) is 30.7 Å². The number of benzene rings is 5. The van der Waals surface area contributed by atoms with Crippen molar-refractivity contribution in [1.82, 2.24) is 10.6 Å². The van der Waals surface area contributed by atoms with Gasteiger partial charge in [0.05, 0.1) is 54.5 Å². The first-order chi connectivity index (χ1) is 30.9. The predicted molar refractivity (Wildman–Crippen MR) is 246 cm³/mol. The van der Waals surface area contributed by atoms with Crippen LogP contribution in [0.1, 0.15) is 105 Å². The van der Waals surface area contributed by atoms with Crippen LogP contribution in [0.2, 0.25) is 0 Å². The fraction of sp³-hybridized carbons (Fsp3) is 0.500. The van der Waals surface area contributed by atoms with Gasteiger partial charge >= 0.3 is 11.9 Å². The maximum atomic E-state index is 14.7. The summed E-state index contributed by atoms with van der Waals surface area (Å²) in [6, 6.07) is 2.71. The fourth-order valence-corrected chi connectivity index (χ4v) is 11.3. The highest BCUT2D eigenvalue weighted by Crippen LogP contribution is 2.56. The van der Waals surface area contributed by atoms with Crippen LogP contribution in [0.3, 0.4) is 0 Å². The molecule has 0 bridgehead atoms. The largest absolute Gasteiger partial charge is 0.507 e. The van der Waals surface area contributed by atoms with Gasteiger partial charge in [0.25, 0.3) is 0 Å². The van der Waals surface area contributed by atoms with Gasteiger partial charge in [-0.1, -0.05) is 11.6 Å². The Balaban J connectivity index is 1.35. The number of ether oxygens (including phenoxy) is 3. The van der Waals surface area contributed by atoms with Gasteiger partial charge in [-0.3, -0.25) is 34.6 Å². The summed E-state index contributed by atoms with van der Waals surface area (Å²) < 4.78 is 17.0. The monoisotopic (exact) mass is 877 g/mol. The number of aliphatic hydroxyl groups excluding tert-OH is 2. The number of phenols is 1. The Kier molecular flexibility index (Phi) is 13.1. The maximum absolute atomic E-state index is 14.7. The quantitative estimate of drug-likeness (QED) is 0.0287. The number of esters is 2. The summed E-state index contributed by atoms with van der Waals surface area (Å²) in [5.41, 5.74) is 2.44. The van der Waals surface area contributed by atoms with Crippen LogP contribution in [-0.2, 0) is 43.5 Å². The number of rotatable bonds is 16. The number of methoxy groups -OCH3 is 1. The van der Waals surface area contributed by atoms with E-state index in [-0.39, 0.29) is 87.9 Å². The Morgan fingerprint density at radius 1 is 0.719 bits per heavy atom. The minimum Gasteiger partial charge on any atom is -0.507 e. The molecule has 8 rings (SSSR count). The number of anilines is 1. The van der Waals surface area contributed by atoms with Crippen LogP contribution >= 0.6 is 0 Å². The summed E-state index contributed by atoms with van der Waals surface area (Å²) in [5.74, 6) is -1.35. The molecule has 0 aromatic heterocycles. The molecule has 2 saturated carbocycles. The maximum Gasteiger partial charge on any atom is 0.310 e. The summed E-state index contributed by atoms with van der Waals surface area (Å²) in [4.78, 5) is 68.5. The molecule has 14 heteroatoms. The summed E-state index contributed by atoms with van der Waals surface area (Å²) in [5, 5.41) is 46.8. The molecular formula is C50H59N3O11. The molecular weight excluding hydrogens is 819 g/mol. The van der Waals surface area contributed by atoms with Crippen LogP contribution in [0, 0.1) is 23.7 Å². The van der Waals surface area contributed by atoms with Gasteiger partial charge in [0, 0.05) is 28.4 Å². The molecule has 3 aliphatic rings. The molecule has 14 nitrogen and oxygen atoms in total. The van der Waals surface area contributed by atoms with Crippen molar-refractivity contribution >= 4 is 72.6 Å². The number of aliphatic hydroxyl groups is 2. The molecule has 0 radical (unpaired) electrons. The molecule has 340 valence electrons. The second-order valence-electron chi connectivity index (χ2n) is 18.2. The number of aromatic hydroxyl groups is 1. The number of Topliss-reactive ketones (excluding diaryl/α,β-unsaturated/α-hetero) is 1. The van der Waals surface area contributed by atoms with E-state index in [1.807, 2.05) is 13.0 Å². The van der Waals surface area contributed by atoms with Crippen molar-refractivity contribution in [2.24, 2.45) is 23.7 Å². The third-order valence-corrected chi connectivity index (χ3v) is 14.4. The van der Waals surface area contributed by atoms with Crippen LogP contribution in [0.15, 0.2) is 27.3 Å². The average Bonchev–Trinajstić information content (AvgIpc) is 3.43. The number of phenolic OH excluding ortho intramolecular Hbond substituents is 1. The Hall–Kier alpha value is -5.41. The van der Waals surface area contributed by atoms with Crippen molar-refractivity contribution < 1.29 is 43.9 Å². The Morgan fingerprint density at radius 3 is 1.77 bits per heavy atom.